The second-order valence-corrected chi connectivity index (χ2v) is 6.27. The fraction of sp³-hybridized carbons (Fsp3) is 0.389. The van der Waals surface area contributed by atoms with Gasteiger partial charge in [-0.15, -0.1) is 0 Å². The molecule has 1 saturated heterocycles. The van der Waals surface area contributed by atoms with Crippen LogP contribution in [0.5, 0.6) is 0 Å². The monoisotopic (exact) mass is 364 g/mol. The van der Waals surface area contributed by atoms with Crippen LogP contribution in [0.1, 0.15) is 27.4 Å². The lowest BCUT2D eigenvalue weighted by atomic mass is 10.1. The molecule has 0 N–H and O–H groups in total. The summed E-state index contributed by atoms with van der Waals surface area (Å²) in [5.74, 6) is 1.27. The first-order chi connectivity index (χ1) is 12.2. The van der Waals surface area contributed by atoms with E-state index in [1.807, 2.05) is 19.9 Å². The lowest BCUT2D eigenvalue weighted by Gasteiger charge is -2.35. The van der Waals surface area contributed by atoms with Crippen LogP contribution in [0.3, 0.4) is 0 Å². The van der Waals surface area contributed by atoms with Crippen LogP contribution in [0, 0.1) is 13.8 Å². The molecule has 8 heteroatoms. The van der Waals surface area contributed by atoms with E-state index in [0.717, 1.165) is 23.6 Å². The number of aromatic nitrogens is 2. The van der Waals surface area contributed by atoms with Crippen molar-refractivity contribution in [1.82, 2.24) is 14.9 Å². The maximum Gasteiger partial charge on any atom is 0.416 e. The Morgan fingerprint density at radius 3 is 2.15 bits per heavy atom. The van der Waals surface area contributed by atoms with Crippen LogP contribution >= 0.6 is 0 Å². The Morgan fingerprint density at radius 1 is 1.00 bits per heavy atom. The summed E-state index contributed by atoms with van der Waals surface area (Å²) in [7, 11) is 0. The minimum Gasteiger partial charge on any atom is -0.353 e. The molecule has 2 heterocycles. The number of benzene rings is 1. The standard InChI is InChI=1S/C18H19F3N4O/c1-12-11-16(23-13(2)22-12)24-7-9-25(10-8-24)17(26)14-3-5-15(6-4-14)18(19,20)21/h3-6,11H,7-10H2,1-2H3. The van der Waals surface area contributed by atoms with Crippen molar-refractivity contribution >= 4 is 11.7 Å². The fourth-order valence-corrected chi connectivity index (χ4v) is 2.98. The lowest BCUT2D eigenvalue weighted by Crippen LogP contribution is -2.49. The summed E-state index contributed by atoms with van der Waals surface area (Å²) in [6, 6.07) is 6.25. The maximum atomic E-state index is 12.6. The first-order valence-electron chi connectivity index (χ1n) is 8.28. The predicted molar refractivity (Wildman–Crippen MR) is 91.1 cm³/mol. The second-order valence-electron chi connectivity index (χ2n) is 6.27. The number of amides is 1. The van der Waals surface area contributed by atoms with Gasteiger partial charge in [0.25, 0.3) is 5.91 Å². The van der Waals surface area contributed by atoms with Gasteiger partial charge in [-0.1, -0.05) is 0 Å². The van der Waals surface area contributed by atoms with Crippen LogP contribution in [0.2, 0.25) is 0 Å². The predicted octanol–water partition coefficient (Wildman–Crippen LogP) is 3.07. The molecule has 0 unspecified atom stereocenters. The largest absolute Gasteiger partial charge is 0.416 e. The summed E-state index contributed by atoms with van der Waals surface area (Å²) >= 11 is 0. The van der Waals surface area contributed by atoms with E-state index < -0.39 is 11.7 Å². The van der Waals surface area contributed by atoms with E-state index >= 15 is 0 Å². The fourth-order valence-electron chi connectivity index (χ4n) is 2.98. The normalized spacial score (nSPS) is 15.3. The molecule has 2 aromatic rings. The molecule has 1 amide bonds. The molecular formula is C18H19F3N4O. The highest BCUT2D eigenvalue weighted by Gasteiger charge is 2.30. The van der Waals surface area contributed by atoms with Gasteiger partial charge in [-0.2, -0.15) is 13.2 Å². The summed E-state index contributed by atoms with van der Waals surface area (Å²) < 4.78 is 37.9. The summed E-state index contributed by atoms with van der Waals surface area (Å²) in [5, 5.41) is 0. The van der Waals surface area contributed by atoms with Gasteiger partial charge >= 0.3 is 6.18 Å². The van der Waals surface area contributed by atoms with Gasteiger partial charge in [0.2, 0.25) is 0 Å². The minimum atomic E-state index is -4.40. The molecule has 0 spiro atoms. The Balaban J connectivity index is 1.65. The molecule has 3 rings (SSSR count). The third-order valence-corrected chi connectivity index (χ3v) is 4.30. The Morgan fingerprint density at radius 2 is 1.62 bits per heavy atom. The third-order valence-electron chi connectivity index (χ3n) is 4.30. The number of rotatable bonds is 2. The number of alkyl halides is 3. The van der Waals surface area contributed by atoms with Crippen LogP contribution in [0.25, 0.3) is 0 Å². The quantitative estimate of drug-likeness (QED) is 0.822. The summed E-state index contributed by atoms with van der Waals surface area (Å²) in [5.41, 5.74) is 0.393. The van der Waals surface area contributed by atoms with E-state index in [1.54, 1.807) is 4.90 Å². The van der Waals surface area contributed by atoms with Gasteiger partial charge < -0.3 is 9.80 Å². The van der Waals surface area contributed by atoms with E-state index in [2.05, 4.69) is 14.9 Å². The first kappa shape index (κ1) is 18.2. The van der Waals surface area contributed by atoms with Crippen molar-refractivity contribution < 1.29 is 18.0 Å². The molecule has 0 radical (unpaired) electrons. The Bertz CT molecular complexity index is 777. The number of carbonyl (C=O) groups excluding carboxylic acids is 1. The highest BCUT2D eigenvalue weighted by molar-refractivity contribution is 5.94. The lowest BCUT2D eigenvalue weighted by molar-refractivity contribution is -0.137. The molecule has 0 bridgehead atoms. The van der Waals surface area contributed by atoms with Gasteiger partial charge in [-0.25, -0.2) is 9.97 Å². The zero-order valence-electron chi connectivity index (χ0n) is 14.5. The minimum absolute atomic E-state index is 0.256. The number of anilines is 1. The zero-order chi connectivity index (χ0) is 18.9. The van der Waals surface area contributed by atoms with Crippen molar-refractivity contribution in [1.29, 1.82) is 0 Å². The molecule has 138 valence electrons. The molecule has 1 aromatic heterocycles. The summed E-state index contributed by atoms with van der Waals surface area (Å²) in [6.45, 7) is 5.94. The number of carbonyl (C=O) groups is 1. The van der Waals surface area contributed by atoms with E-state index in [4.69, 9.17) is 0 Å². The van der Waals surface area contributed by atoms with Crippen LogP contribution in [-0.2, 0) is 6.18 Å². The average molecular weight is 364 g/mol. The highest BCUT2D eigenvalue weighted by Crippen LogP contribution is 2.29. The smallest absolute Gasteiger partial charge is 0.353 e. The number of hydrogen-bond donors (Lipinski definition) is 0. The summed E-state index contributed by atoms with van der Waals surface area (Å²) in [4.78, 5) is 24.9. The van der Waals surface area contributed by atoms with Crippen molar-refractivity contribution in [2.45, 2.75) is 20.0 Å². The van der Waals surface area contributed by atoms with Crippen LogP contribution < -0.4 is 4.90 Å². The molecule has 1 aliphatic rings. The number of halogens is 3. The average Bonchev–Trinajstić information content (AvgIpc) is 2.60. The summed E-state index contributed by atoms with van der Waals surface area (Å²) in [6.07, 6.45) is -4.40. The third kappa shape index (κ3) is 3.95. The van der Waals surface area contributed by atoms with Crippen LogP contribution in [0.4, 0.5) is 19.0 Å². The van der Waals surface area contributed by atoms with E-state index in [9.17, 15) is 18.0 Å². The van der Waals surface area contributed by atoms with Gasteiger partial charge in [0, 0.05) is 43.5 Å². The van der Waals surface area contributed by atoms with Gasteiger partial charge in [-0.05, 0) is 38.1 Å². The van der Waals surface area contributed by atoms with E-state index in [1.165, 1.54) is 12.1 Å². The SMILES string of the molecule is Cc1cc(N2CCN(C(=O)c3ccc(C(F)(F)F)cc3)CC2)nc(C)n1. The number of hydrogen-bond acceptors (Lipinski definition) is 4. The number of aryl methyl sites for hydroxylation is 2. The molecule has 5 nitrogen and oxygen atoms in total. The van der Waals surface area contributed by atoms with Crippen LogP contribution in [0.15, 0.2) is 30.3 Å². The van der Waals surface area contributed by atoms with Crippen molar-refractivity contribution in [3.63, 3.8) is 0 Å². The van der Waals surface area contributed by atoms with Crippen molar-refractivity contribution in [3.8, 4) is 0 Å². The number of nitrogens with zero attached hydrogens (tertiary/aromatic N) is 4. The molecule has 1 fully saturated rings. The van der Waals surface area contributed by atoms with Gasteiger partial charge in [0.15, 0.2) is 0 Å². The maximum absolute atomic E-state index is 12.6. The van der Waals surface area contributed by atoms with Gasteiger partial charge in [0.05, 0.1) is 5.56 Å². The number of piperazine rings is 1. The van der Waals surface area contributed by atoms with E-state index in [-0.39, 0.29) is 11.5 Å². The van der Waals surface area contributed by atoms with Crippen molar-refractivity contribution in [2.24, 2.45) is 0 Å². The van der Waals surface area contributed by atoms with Gasteiger partial charge in [-0.3, -0.25) is 4.79 Å². The molecule has 26 heavy (non-hydrogen) atoms. The molecule has 0 aliphatic carbocycles. The molecule has 1 aliphatic heterocycles. The van der Waals surface area contributed by atoms with Gasteiger partial charge in [0.1, 0.15) is 11.6 Å². The van der Waals surface area contributed by atoms with Crippen molar-refractivity contribution in [2.75, 3.05) is 31.1 Å². The zero-order valence-corrected chi connectivity index (χ0v) is 14.5. The second kappa shape index (κ2) is 6.93. The van der Waals surface area contributed by atoms with Crippen LogP contribution in [-0.4, -0.2) is 47.0 Å². The van der Waals surface area contributed by atoms with Crippen molar-refractivity contribution in [3.05, 3.63) is 53.0 Å². The topological polar surface area (TPSA) is 49.3 Å². The first-order valence-corrected chi connectivity index (χ1v) is 8.28. The highest BCUT2D eigenvalue weighted by atomic mass is 19.4. The molecule has 1 aromatic carbocycles. The molecule has 0 saturated carbocycles. The van der Waals surface area contributed by atoms with E-state index in [0.29, 0.717) is 32.0 Å². The Hall–Kier alpha value is -2.64. The Kier molecular flexibility index (Phi) is 4.84. The molecular weight excluding hydrogens is 345 g/mol. The molecule has 0 atom stereocenters. The Labute approximate surface area is 149 Å².